The third kappa shape index (κ3) is 5.80. The quantitative estimate of drug-likeness (QED) is 0.488. The second-order valence-electron chi connectivity index (χ2n) is 6.67. The number of carbonyl (C=O) groups excluding carboxylic acids is 1. The van der Waals surface area contributed by atoms with Crippen molar-refractivity contribution in [2.45, 2.75) is 13.2 Å². The summed E-state index contributed by atoms with van der Waals surface area (Å²) in [5, 5.41) is 9.45. The van der Waals surface area contributed by atoms with E-state index in [1.807, 2.05) is 30.3 Å². The van der Waals surface area contributed by atoms with Gasteiger partial charge in [-0.15, -0.1) is 0 Å². The van der Waals surface area contributed by atoms with Crippen LogP contribution in [0, 0.1) is 5.82 Å². The summed E-state index contributed by atoms with van der Waals surface area (Å²) in [5.41, 5.74) is 1.74. The molecule has 1 heterocycles. The average molecular weight is 489 g/mol. The van der Waals surface area contributed by atoms with E-state index in [0.717, 1.165) is 11.1 Å². The molecule has 1 amide bonds. The molecule has 8 heteroatoms. The number of pyridine rings is 1. The van der Waals surface area contributed by atoms with Gasteiger partial charge in [0.15, 0.2) is 17.2 Å². The molecule has 3 aromatic rings. The number of aliphatic hydroxyl groups excluding tert-OH is 1. The monoisotopic (exact) mass is 488 g/mol. The Morgan fingerprint density at radius 1 is 1.10 bits per heavy atom. The van der Waals surface area contributed by atoms with Crippen molar-refractivity contribution < 1.29 is 23.8 Å². The number of amides is 1. The van der Waals surface area contributed by atoms with Crippen molar-refractivity contribution in [2.75, 3.05) is 20.3 Å². The summed E-state index contributed by atoms with van der Waals surface area (Å²) >= 11 is 3.41. The summed E-state index contributed by atoms with van der Waals surface area (Å²) in [5.74, 6) is -0.250. The first-order chi connectivity index (χ1) is 15.0. The topological polar surface area (TPSA) is 71.9 Å². The summed E-state index contributed by atoms with van der Waals surface area (Å²) < 4.78 is 25.2. The van der Waals surface area contributed by atoms with Crippen molar-refractivity contribution in [3.8, 4) is 11.5 Å². The van der Waals surface area contributed by atoms with Gasteiger partial charge in [0.05, 0.1) is 18.2 Å². The fourth-order valence-corrected chi connectivity index (χ4v) is 3.39. The van der Waals surface area contributed by atoms with Gasteiger partial charge in [0, 0.05) is 19.3 Å². The van der Waals surface area contributed by atoms with E-state index in [-0.39, 0.29) is 43.6 Å². The molecule has 162 valence electrons. The molecular formula is C23H22BrFN2O4. The number of hydrogen-bond acceptors (Lipinski definition) is 5. The summed E-state index contributed by atoms with van der Waals surface area (Å²) in [6.07, 6.45) is 1.48. The fraction of sp³-hybridized carbons (Fsp3) is 0.217. The number of halogens is 2. The maximum absolute atomic E-state index is 13.3. The molecule has 0 saturated heterocycles. The highest BCUT2D eigenvalue weighted by Crippen LogP contribution is 2.38. The number of methoxy groups -OCH3 is 1. The van der Waals surface area contributed by atoms with Crippen LogP contribution in [0.2, 0.25) is 0 Å². The maximum Gasteiger partial charge on any atom is 0.276 e. The van der Waals surface area contributed by atoms with Crippen LogP contribution in [0.1, 0.15) is 21.6 Å². The Morgan fingerprint density at radius 2 is 1.81 bits per heavy atom. The van der Waals surface area contributed by atoms with Crippen LogP contribution in [-0.2, 0) is 13.2 Å². The number of benzene rings is 2. The molecule has 1 aromatic heterocycles. The Morgan fingerprint density at radius 3 is 2.45 bits per heavy atom. The minimum absolute atomic E-state index is 0.0596. The first-order valence-electron chi connectivity index (χ1n) is 9.57. The summed E-state index contributed by atoms with van der Waals surface area (Å²) in [7, 11) is 1.44. The minimum atomic E-state index is -0.438. The Kier molecular flexibility index (Phi) is 7.97. The van der Waals surface area contributed by atoms with Crippen molar-refractivity contribution in [2.24, 2.45) is 0 Å². The van der Waals surface area contributed by atoms with E-state index >= 15 is 0 Å². The van der Waals surface area contributed by atoms with Crippen LogP contribution in [0.4, 0.5) is 4.39 Å². The van der Waals surface area contributed by atoms with Crippen LogP contribution in [0.25, 0.3) is 0 Å². The fourth-order valence-electron chi connectivity index (χ4n) is 2.99. The lowest BCUT2D eigenvalue weighted by Gasteiger charge is -2.23. The maximum atomic E-state index is 13.3. The van der Waals surface area contributed by atoms with Gasteiger partial charge in [-0.05, 0) is 39.2 Å². The Bertz CT molecular complexity index is 1020. The third-order valence-corrected chi connectivity index (χ3v) is 5.09. The van der Waals surface area contributed by atoms with E-state index < -0.39 is 5.91 Å². The molecule has 0 spiro atoms. The summed E-state index contributed by atoms with van der Waals surface area (Å²) in [4.78, 5) is 18.9. The van der Waals surface area contributed by atoms with Crippen LogP contribution in [0.15, 0.2) is 65.3 Å². The highest BCUT2D eigenvalue weighted by atomic mass is 79.9. The van der Waals surface area contributed by atoms with Gasteiger partial charge in [0.2, 0.25) is 0 Å². The largest absolute Gasteiger partial charge is 0.491 e. The zero-order valence-electron chi connectivity index (χ0n) is 16.9. The molecule has 31 heavy (non-hydrogen) atoms. The number of aromatic nitrogens is 1. The molecule has 6 nitrogen and oxygen atoms in total. The first-order valence-corrected chi connectivity index (χ1v) is 10.4. The van der Waals surface area contributed by atoms with E-state index in [1.165, 1.54) is 30.3 Å². The van der Waals surface area contributed by atoms with Crippen molar-refractivity contribution >= 4 is 21.8 Å². The molecule has 1 N–H and O–H groups in total. The zero-order chi connectivity index (χ0) is 22.2. The van der Waals surface area contributed by atoms with Crippen LogP contribution in [0.3, 0.4) is 0 Å². The molecule has 0 bridgehead atoms. The highest BCUT2D eigenvalue weighted by Gasteiger charge is 2.26. The molecule has 0 fully saturated rings. The molecule has 0 aliphatic rings. The molecule has 2 aromatic carbocycles. The van der Waals surface area contributed by atoms with Gasteiger partial charge < -0.3 is 19.5 Å². The number of ether oxygens (including phenoxy) is 2. The van der Waals surface area contributed by atoms with Gasteiger partial charge in [0.1, 0.15) is 12.4 Å². The summed E-state index contributed by atoms with van der Waals surface area (Å²) in [6.45, 7) is 0.310. The van der Waals surface area contributed by atoms with Gasteiger partial charge in [-0.1, -0.05) is 42.5 Å². The number of carbonyl (C=O) groups is 1. The number of hydrogen-bond donors (Lipinski definition) is 1. The smallest absolute Gasteiger partial charge is 0.276 e. The van der Waals surface area contributed by atoms with Crippen molar-refractivity contribution in [3.63, 3.8) is 0 Å². The van der Waals surface area contributed by atoms with Gasteiger partial charge in [-0.2, -0.15) is 0 Å². The van der Waals surface area contributed by atoms with E-state index in [9.17, 15) is 14.3 Å². The molecule has 0 atom stereocenters. The van der Waals surface area contributed by atoms with Gasteiger partial charge in [-0.25, -0.2) is 9.37 Å². The zero-order valence-corrected chi connectivity index (χ0v) is 18.5. The lowest BCUT2D eigenvalue weighted by atomic mass is 10.2. The molecular weight excluding hydrogens is 467 g/mol. The molecule has 0 aliphatic heterocycles. The van der Waals surface area contributed by atoms with E-state index in [4.69, 9.17) is 9.47 Å². The Hall–Kier alpha value is -2.97. The van der Waals surface area contributed by atoms with Crippen LogP contribution >= 0.6 is 15.9 Å². The summed E-state index contributed by atoms with van der Waals surface area (Å²) in [6, 6.07) is 15.4. The van der Waals surface area contributed by atoms with Crippen molar-refractivity contribution in [1.82, 2.24) is 9.88 Å². The third-order valence-electron chi connectivity index (χ3n) is 4.52. The minimum Gasteiger partial charge on any atom is -0.491 e. The van der Waals surface area contributed by atoms with Gasteiger partial charge in [0.25, 0.3) is 5.91 Å². The number of aliphatic hydroxyl groups is 1. The molecule has 0 saturated carbocycles. The second-order valence-corrected chi connectivity index (χ2v) is 7.52. The van der Waals surface area contributed by atoms with Crippen LogP contribution in [-0.4, -0.2) is 41.2 Å². The van der Waals surface area contributed by atoms with Crippen LogP contribution < -0.4 is 9.47 Å². The van der Waals surface area contributed by atoms with Crippen molar-refractivity contribution in [1.29, 1.82) is 0 Å². The SMILES string of the molecule is COc1c(C(=O)N(CCO)Cc2ccc(F)cc2)ncc(Br)c1OCc1ccccc1. The Balaban J connectivity index is 1.88. The lowest BCUT2D eigenvalue weighted by molar-refractivity contribution is 0.0697. The van der Waals surface area contributed by atoms with Crippen LogP contribution in [0.5, 0.6) is 11.5 Å². The molecule has 0 radical (unpaired) electrons. The molecule has 3 rings (SSSR count). The normalized spacial score (nSPS) is 10.6. The predicted molar refractivity (Wildman–Crippen MR) is 117 cm³/mol. The second kappa shape index (κ2) is 10.9. The van der Waals surface area contributed by atoms with Gasteiger partial charge in [-0.3, -0.25) is 4.79 Å². The molecule has 0 unspecified atom stereocenters. The lowest BCUT2D eigenvalue weighted by Crippen LogP contribution is -2.34. The number of nitrogens with zero attached hydrogens (tertiary/aromatic N) is 2. The average Bonchev–Trinajstić information content (AvgIpc) is 2.79. The van der Waals surface area contributed by atoms with E-state index in [2.05, 4.69) is 20.9 Å². The Labute approximate surface area is 188 Å². The predicted octanol–water partition coefficient (Wildman–Crippen LogP) is 4.21. The number of rotatable bonds is 9. The van der Waals surface area contributed by atoms with Crippen molar-refractivity contribution in [3.05, 3.63) is 87.9 Å². The highest BCUT2D eigenvalue weighted by molar-refractivity contribution is 9.10. The first kappa shape index (κ1) is 22.7. The van der Waals surface area contributed by atoms with E-state index in [0.29, 0.717) is 10.2 Å². The standard InChI is InChI=1S/C23H22BrFN2O4/c1-30-22-20(23(29)27(11-12-28)14-16-7-9-18(25)10-8-16)26-13-19(24)21(22)31-15-17-5-3-2-4-6-17/h2-10,13,28H,11-12,14-15H2,1H3. The van der Waals surface area contributed by atoms with Gasteiger partial charge >= 0.3 is 0 Å². The molecule has 0 aliphatic carbocycles. The van der Waals surface area contributed by atoms with E-state index in [1.54, 1.807) is 12.1 Å².